The number of nitrogens with zero attached hydrogens (tertiary/aromatic N) is 2. The van der Waals surface area contributed by atoms with E-state index in [1.165, 1.54) is 5.56 Å². The van der Waals surface area contributed by atoms with Crippen LogP contribution in [0.1, 0.15) is 28.5 Å². The maximum Gasteiger partial charge on any atom is 0.287 e. The van der Waals surface area contributed by atoms with Gasteiger partial charge in [-0.1, -0.05) is 23.7 Å². The number of benzene rings is 1. The minimum absolute atomic E-state index is 0.0283. The molecule has 28 heavy (non-hydrogen) atoms. The summed E-state index contributed by atoms with van der Waals surface area (Å²) in [4.78, 5) is 12.8. The van der Waals surface area contributed by atoms with Crippen LogP contribution >= 0.6 is 27.5 Å². The van der Waals surface area contributed by atoms with Gasteiger partial charge in [0.25, 0.3) is 5.91 Å². The van der Waals surface area contributed by atoms with Crippen LogP contribution in [0.2, 0.25) is 5.02 Å². The molecular weight excluding hydrogens is 444 g/mol. The van der Waals surface area contributed by atoms with Crippen molar-refractivity contribution in [2.24, 2.45) is 7.05 Å². The summed E-state index contributed by atoms with van der Waals surface area (Å²) in [5.41, 5.74) is 2.84. The minimum Gasteiger partial charge on any atom is -0.458 e. The number of hydrogen-bond acceptors (Lipinski definition) is 4. The fraction of sp³-hybridized carbons (Fsp3) is 0.300. The molecule has 2 aromatic heterocycles. The summed E-state index contributed by atoms with van der Waals surface area (Å²) in [6.07, 6.45) is 4.23. The fourth-order valence-electron chi connectivity index (χ4n) is 3.67. The van der Waals surface area contributed by atoms with Crippen LogP contribution in [0.4, 0.5) is 0 Å². The molecule has 1 aromatic carbocycles. The van der Waals surface area contributed by atoms with Gasteiger partial charge in [0.1, 0.15) is 6.26 Å². The zero-order valence-corrected chi connectivity index (χ0v) is 17.6. The molecule has 0 saturated carbocycles. The highest BCUT2D eigenvalue weighted by Gasteiger charge is 2.29. The van der Waals surface area contributed by atoms with Gasteiger partial charge in [-0.05, 0) is 52.7 Å². The van der Waals surface area contributed by atoms with Gasteiger partial charge in [-0.15, -0.1) is 0 Å². The quantitative estimate of drug-likeness (QED) is 0.614. The summed E-state index contributed by atoms with van der Waals surface area (Å²) in [5.74, 6) is 0.281. The fourth-order valence-corrected chi connectivity index (χ4v) is 4.38. The Morgan fingerprint density at radius 1 is 1.39 bits per heavy atom. The smallest absolute Gasteiger partial charge is 0.287 e. The standard InChI is InChI=1S/C20H20BrClN4O2/c1-26-19(16(21)9-24-26)13-8-18(28-11-13)20(27)25-17-10-23-7-6-15(17)12-2-4-14(22)5-3-12/h2-5,8-9,11,15,17,23H,6-7,10H2,1H3,(H,25,27)/t15-,17+/m0/s1. The Labute approximate surface area is 176 Å². The van der Waals surface area contributed by atoms with Gasteiger partial charge in [0.05, 0.1) is 16.4 Å². The summed E-state index contributed by atoms with van der Waals surface area (Å²) >= 11 is 9.49. The van der Waals surface area contributed by atoms with Crippen LogP contribution in [-0.4, -0.2) is 34.8 Å². The van der Waals surface area contributed by atoms with Crippen molar-refractivity contribution in [1.82, 2.24) is 20.4 Å². The lowest BCUT2D eigenvalue weighted by molar-refractivity contribution is 0.0896. The first-order chi connectivity index (χ1) is 13.5. The normalized spacial score (nSPS) is 19.5. The molecule has 8 heteroatoms. The number of furan rings is 1. The molecule has 2 atom stereocenters. The molecule has 6 nitrogen and oxygen atoms in total. The van der Waals surface area contributed by atoms with E-state index in [2.05, 4.69) is 31.7 Å². The van der Waals surface area contributed by atoms with Gasteiger partial charge in [-0.3, -0.25) is 9.48 Å². The second kappa shape index (κ2) is 8.11. The molecule has 0 radical (unpaired) electrons. The molecule has 146 valence electrons. The van der Waals surface area contributed by atoms with E-state index < -0.39 is 0 Å². The average Bonchev–Trinajstić information content (AvgIpc) is 3.29. The number of halogens is 2. The molecule has 4 rings (SSSR count). The molecule has 1 aliphatic heterocycles. The van der Waals surface area contributed by atoms with Gasteiger partial charge in [0.15, 0.2) is 5.76 Å². The first-order valence-electron chi connectivity index (χ1n) is 9.06. The predicted octanol–water partition coefficient (Wildman–Crippen LogP) is 3.97. The Bertz CT molecular complexity index is 963. The zero-order chi connectivity index (χ0) is 19.7. The van der Waals surface area contributed by atoms with E-state index in [1.54, 1.807) is 23.2 Å². The zero-order valence-electron chi connectivity index (χ0n) is 15.3. The van der Waals surface area contributed by atoms with E-state index in [-0.39, 0.29) is 23.6 Å². The third kappa shape index (κ3) is 3.87. The second-order valence-corrected chi connectivity index (χ2v) is 8.19. The molecule has 1 fully saturated rings. The van der Waals surface area contributed by atoms with Gasteiger partial charge in [-0.2, -0.15) is 5.10 Å². The van der Waals surface area contributed by atoms with Gasteiger partial charge < -0.3 is 15.1 Å². The van der Waals surface area contributed by atoms with Crippen molar-refractivity contribution < 1.29 is 9.21 Å². The lowest BCUT2D eigenvalue weighted by Crippen LogP contribution is -2.49. The first-order valence-corrected chi connectivity index (χ1v) is 10.2. The van der Waals surface area contributed by atoms with Crippen molar-refractivity contribution in [2.75, 3.05) is 13.1 Å². The number of hydrogen-bond donors (Lipinski definition) is 2. The summed E-state index contributed by atoms with van der Waals surface area (Å²) in [5, 5.41) is 11.4. The Morgan fingerprint density at radius 2 is 2.18 bits per heavy atom. The number of rotatable bonds is 4. The Balaban J connectivity index is 1.51. The Hall–Kier alpha value is -2.09. The number of aryl methyl sites for hydroxylation is 1. The van der Waals surface area contributed by atoms with Crippen LogP contribution in [0.25, 0.3) is 11.3 Å². The largest absolute Gasteiger partial charge is 0.458 e. The van der Waals surface area contributed by atoms with Crippen molar-refractivity contribution in [3.05, 3.63) is 63.6 Å². The van der Waals surface area contributed by atoms with Gasteiger partial charge >= 0.3 is 0 Å². The Kier molecular flexibility index (Phi) is 5.57. The maximum absolute atomic E-state index is 12.8. The number of amides is 1. The highest BCUT2D eigenvalue weighted by Crippen LogP contribution is 2.30. The highest BCUT2D eigenvalue weighted by molar-refractivity contribution is 9.10. The molecule has 1 amide bonds. The van der Waals surface area contributed by atoms with Gasteiger partial charge in [0, 0.05) is 36.1 Å². The molecule has 0 bridgehead atoms. The number of carbonyl (C=O) groups is 1. The van der Waals surface area contributed by atoms with Crippen LogP contribution < -0.4 is 10.6 Å². The van der Waals surface area contributed by atoms with Gasteiger partial charge in [-0.25, -0.2) is 0 Å². The van der Waals surface area contributed by atoms with E-state index in [1.807, 2.05) is 31.3 Å². The topological polar surface area (TPSA) is 72.1 Å². The van der Waals surface area contributed by atoms with Gasteiger partial charge in [0.2, 0.25) is 0 Å². The third-order valence-electron chi connectivity index (χ3n) is 5.09. The van der Waals surface area contributed by atoms with Crippen LogP contribution in [0.5, 0.6) is 0 Å². The third-order valence-corrected chi connectivity index (χ3v) is 5.92. The number of aromatic nitrogens is 2. The number of carbonyl (C=O) groups excluding carboxylic acids is 1. The summed E-state index contributed by atoms with van der Waals surface area (Å²) in [7, 11) is 1.84. The first kappa shape index (κ1) is 19.2. The molecule has 3 heterocycles. The molecule has 0 unspecified atom stereocenters. The van der Waals surface area contributed by atoms with Crippen molar-refractivity contribution in [3.8, 4) is 11.3 Å². The lowest BCUT2D eigenvalue weighted by Gasteiger charge is -2.33. The predicted molar refractivity (Wildman–Crippen MR) is 112 cm³/mol. The summed E-state index contributed by atoms with van der Waals surface area (Å²) in [6.45, 7) is 1.62. The van der Waals surface area contributed by atoms with E-state index in [0.29, 0.717) is 11.6 Å². The van der Waals surface area contributed by atoms with E-state index in [0.717, 1.165) is 28.7 Å². The molecule has 1 saturated heterocycles. The monoisotopic (exact) mass is 462 g/mol. The SMILES string of the molecule is Cn1ncc(Br)c1-c1coc(C(=O)N[C@@H]2CNCC[C@H]2c2ccc(Cl)cc2)c1. The molecular formula is C20H20BrClN4O2. The summed E-state index contributed by atoms with van der Waals surface area (Å²) in [6, 6.07) is 9.56. The average molecular weight is 464 g/mol. The van der Waals surface area contributed by atoms with Crippen LogP contribution in [0.15, 0.2) is 51.7 Å². The molecule has 2 N–H and O–H groups in total. The van der Waals surface area contributed by atoms with E-state index in [4.69, 9.17) is 16.0 Å². The lowest BCUT2D eigenvalue weighted by atomic mass is 9.86. The van der Waals surface area contributed by atoms with E-state index in [9.17, 15) is 4.79 Å². The molecule has 3 aromatic rings. The van der Waals surface area contributed by atoms with Crippen molar-refractivity contribution in [1.29, 1.82) is 0 Å². The minimum atomic E-state index is -0.225. The van der Waals surface area contributed by atoms with Crippen molar-refractivity contribution >= 4 is 33.4 Å². The number of nitrogens with one attached hydrogen (secondary N) is 2. The Morgan fingerprint density at radius 3 is 2.89 bits per heavy atom. The van der Waals surface area contributed by atoms with Crippen LogP contribution in [-0.2, 0) is 7.05 Å². The molecule has 0 spiro atoms. The van der Waals surface area contributed by atoms with Crippen molar-refractivity contribution in [3.63, 3.8) is 0 Å². The second-order valence-electron chi connectivity index (χ2n) is 6.90. The maximum atomic E-state index is 12.8. The summed E-state index contributed by atoms with van der Waals surface area (Å²) < 4.78 is 8.13. The van der Waals surface area contributed by atoms with Crippen molar-refractivity contribution in [2.45, 2.75) is 18.4 Å². The number of piperidine rings is 1. The molecule has 1 aliphatic rings. The van der Waals surface area contributed by atoms with Crippen LogP contribution in [0.3, 0.4) is 0 Å². The highest BCUT2D eigenvalue weighted by atomic mass is 79.9. The van der Waals surface area contributed by atoms with Crippen LogP contribution in [0, 0.1) is 0 Å². The molecule has 0 aliphatic carbocycles. The van der Waals surface area contributed by atoms with E-state index >= 15 is 0 Å².